The summed E-state index contributed by atoms with van der Waals surface area (Å²) in [6.45, 7) is 6.29. The van der Waals surface area contributed by atoms with E-state index < -0.39 is 0 Å². The molecule has 0 aliphatic heterocycles. The quantitative estimate of drug-likeness (QED) is 0.261. The monoisotopic (exact) mass is 545 g/mol. The van der Waals surface area contributed by atoms with Crippen LogP contribution in [0.3, 0.4) is 0 Å². The molecule has 6 heteroatoms. The highest BCUT2D eigenvalue weighted by atomic mass is 35.5. The topological polar surface area (TPSA) is 46.6 Å². The van der Waals surface area contributed by atoms with Gasteiger partial charge in [0.2, 0.25) is 0 Å². The van der Waals surface area contributed by atoms with Gasteiger partial charge in [-0.05, 0) is 91.9 Å². The van der Waals surface area contributed by atoms with Crippen LogP contribution >= 0.6 is 23.2 Å². The van der Waals surface area contributed by atoms with E-state index in [9.17, 15) is 9.59 Å². The van der Waals surface area contributed by atoms with E-state index in [4.69, 9.17) is 27.9 Å². The SMILES string of the molecule is C[C@]12CC[C@H]3[C@@H](CCC4=CC(=O)CC[C@@]43C)[C@@H]1CC[C@H]2OC(=O)Cc1ccc(N(CCCl)CCCl)cc1. The molecule has 0 amide bonds. The van der Waals surface area contributed by atoms with Crippen molar-refractivity contribution in [1.29, 1.82) is 0 Å². The molecule has 1 aromatic carbocycles. The highest BCUT2D eigenvalue weighted by Gasteiger charge is 2.59. The van der Waals surface area contributed by atoms with Crippen LogP contribution in [-0.2, 0) is 20.7 Å². The molecule has 0 saturated heterocycles. The molecule has 6 atom stereocenters. The Morgan fingerprint density at radius 3 is 2.41 bits per heavy atom. The fourth-order valence-corrected chi connectivity index (χ4v) is 8.88. The normalized spacial score (nSPS) is 34.7. The van der Waals surface area contributed by atoms with Crippen molar-refractivity contribution < 1.29 is 14.3 Å². The van der Waals surface area contributed by atoms with E-state index in [-0.39, 0.29) is 22.9 Å². The van der Waals surface area contributed by atoms with Crippen LogP contribution in [0.25, 0.3) is 0 Å². The number of ether oxygens (including phenoxy) is 1. The van der Waals surface area contributed by atoms with Crippen molar-refractivity contribution in [1.82, 2.24) is 0 Å². The van der Waals surface area contributed by atoms with E-state index in [0.29, 0.717) is 48.1 Å². The summed E-state index contributed by atoms with van der Waals surface area (Å²) in [7, 11) is 0. The average Bonchev–Trinajstić information content (AvgIpc) is 3.20. The van der Waals surface area contributed by atoms with Gasteiger partial charge in [-0.1, -0.05) is 31.6 Å². The number of carbonyl (C=O) groups excluding carboxylic acids is 2. The number of ketones is 1. The fourth-order valence-electron chi connectivity index (χ4n) is 8.47. The van der Waals surface area contributed by atoms with Gasteiger partial charge in [-0.25, -0.2) is 0 Å². The minimum atomic E-state index is -0.119. The standard InChI is InChI=1S/C31H41Cl2NO3/c1-30-13-11-24(35)20-22(30)5-8-25-26-9-10-28(31(26,2)14-12-27(25)30)37-29(36)19-21-3-6-23(7-4-21)34(17-15-32)18-16-33/h3-4,6-7,20,25-28H,5,8-19H2,1-2H3/t25-,26-,27-,28+,30-,31-/m0/s1. The number of halogens is 2. The molecule has 3 saturated carbocycles. The third kappa shape index (κ3) is 5.10. The number of hydrogen-bond donors (Lipinski definition) is 0. The van der Waals surface area contributed by atoms with Crippen molar-refractivity contribution in [3.63, 3.8) is 0 Å². The third-order valence-electron chi connectivity index (χ3n) is 10.5. The van der Waals surface area contributed by atoms with Crippen LogP contribution in [-0.4, -0.2) is 42.7 Å². The van der Waals surface area contributed by atoms with Crippen LogP contribution in [0.2, 0.25) is 0 Å². The Labute approximate surface area is 232 Å². The molecule has 202 valence electrons. The van der Waals surface area contributed by atoms with E-state index in [0.717, 1.165) is 56.4 Å². The van der Waals surface area contributed by atoms with Crippen LogP contribution in [0.5, 0.6) is 0 Å². The maximum absolute atomic E-state index is 13.1. The number of nitrogens with zero attached hydrogens (tertiary/aromatic N) is 1. The van der Waals surface area contributed by atoms with Gasteiger partial charge in [-0.3, -0.25) is 9.59 Å². The van der Waals surface area contributed by atoms with Gasteiger partial charge in [0.25, 0.3) is 0 Å². The maximum Gasteiger partial charge on any atom is 0.310 e. The Morgan fingerprint density at radius 1 is 0.973 bits per heavy atom. The molecule has 4 aliphatic rings. The van der Waals surface area contributed by atoms with Crippen molar-refractivity contribution in [2.45, 2.75) is 77.7 Å². The van der Waals surface area contributed by atoms with Crippen molar-refractivity contribution in [2.24, 2.45) is 28.6 Å². The van der Waals surface area contributed by atoms with E-state index in [1.54, 1.807) is 0 Å². The van der Waals surface area contributed by atoms with Gasteiger partial charge in [-0.2, -0.15) is 0 Å². The number of anilines is 1. The zero-order chi connectivity index (χ0) is 26.2. The Balaban J connectivity index is 1.22. The molecular weight excluding hydrogens is 505 g/mol. The van der Waals surface area contributed by atoms with Gasteiger partial charge in [0.05, 0.1) is 6.42 Å². The number of hydrogen-bond acceptors (Lipinski definition) is 4. The molecule has 3 fully saturated rings. The lowest BCUT2D eigenvalue weighted by Gasteiger charge is -2.57. The number of benzene rings is 1. The lowest BCUT2D eigenvalue weighted by atomic mass is 9.47. The highest BCUT2D eigenvalue weighted by Crippen LogP contribution is 2.65. The molecule has 0 N–H and O–H groups in total. The van der Waals surface area contributed by atoms with Gasteiger partial charge in [0.1, 0.15) is 6.10 Å². The van der Waals surface area contributed by atoms with Gasteiger partial charge in [0.15, 0.2) is 5.78 Å². The number of carbonyl (C=O) groups is 2. The summed E-state index contributed by atoms with van der Waals surface area (Å²) in [5, 5.41) is 0. The first kappa shape index (κ1) is 27.1. The largest absolute Gasteiger partial charge is 0.462 e. The molecule has 0 radical (unpaired) electrons. The first-order valence-electron chi connectivity index (χ1n) is 14.2. The zero-order valence-corrected chi connectivity index (χ0v) is 23.8. The first-order chi connectivity index (χ1) is 17.8. The number of esters is 1. The van der Waals surface area contributed by atoms with Crippen molar-refractivity contribution in [2.75, 3.05) is 29.7 Å². The maximum atomic E-state index is 13.1. The third-order valence-corrected chi connectivity index (χ3v) is 10.8. The van der Waals surface area contributed by atoms with Gasteiger partial charge in [-0.15, -0.1) is 23.2 Å². The molecule has 4 nitrogen and oxygen atoms in total. The molecule has 0 spiro atoms. The van der Waals surface area contributed by atoms with Crippen LogP contribution < -0.4 is 4.90 Å². The van der Waals surface area contributed by atoms with Crippen LogP contribution in [0.1, 0.15) is 70.8 Å². The van der Waals surface area contributed by atoms with E-state index in [1.165, 1.54) is 18.4 Å². The summed E-state index contributed by atoms with van der Waals surface area (Å²) in [4.78, 5) is 27.3. The van der Waals surface area contributed by atoms with Gasteiger partial charge >= 0.3 is 5.97 Å². The second-order valence-corrected chi connectivity index (χ2v) is 13.0. The molecular formula is C31H41Cl2NO3. The summed E-state index contributed by atoms with van der Waals surface area (Å²) >= 11 is 11.9. The van der Waals surface area contributed by atoms with Crippen molar-refractivity contribution in [3.8, 4) is 0 Å². The number of allylic oxidation sites excluding steroid dienone is 1. The molecule has 0 bridgehead atoms. The van der Waals surface area contributed by atoms with E-state index in [2.05, 4.69) is 18.7 Å². The van der Waals surface area contributed by atoms with E-state index in [1.807, 2.05) is 30.3 Å². The predicted molar refractivity (Wildman–Crippen MR) is 150 cm³/mol. The minimum Gasteiger partial charge on any atom is -0.462 e. The minimum absolute atomic E-state index is 0.00540. The fraction of sp³-hybridized carbons (Fsp3) is 0.677. The van der Waals surface area contributed by atoms with Crippen molar-refractivity contribution >= 4 is 40.6 Å². The molecule has 0 unspecified atom stereocenters. The Morgan fingerprint density at radius 2 is 1.70 bits per heavy atom. The van der Waals surface area contributed by atoms with Crippen LogP contribution in [0.4, 0.5) is 5.69 Å². The second kappa shape index (κ2) is 10.9. The van der Waals surface area contributed by atoms with Crippen LogP contribution in [0.15, 0.2) is 35.9 Å². The summed E-state index contributed by atoms with van der Waals surface area (Å²) in [6.07, 6.45) is 10.6. The van der Waals surface area contributed by atoms with E-state index >= 15 is 0 Å². The molecule has 0 aromatic heterocycles. The molecule has 5 rings (SSSR count). The number of alkyl halides is 2. The summed E-state index contributed by atoms with van der Waals surface area (Å²) in [5.41, 5.74) is 3.70. The van der Waals surface area contributed by atoms with Gasteiger partial charge in [0, 0.05) is 42.4 Å². The summed E-state index contributed by atoms with van der Waals surface area (Å²) in [5.74, 6) is 3.23. The number of fused-ring (bicyclic) bond motifs is 5. The lowest BCUT2D eigenvalue weighted by molar-refractivity contribution is -0.159. The Hall–Kier alpha value is -1.52. The number of rotatable bonds is 8. The van der Waals surface area contributed by atoms with Crippen LogP contribution in [0, 0.1) is 28.6 Å². The Kier molecular flexibility index (Phi) is 7.99. The second-order valence-electron chi connectivity index (χ2n) is 12.3. The van der Waals surface area contributed by atoms with Gasteiger partial charge < -0.3 is 9.64 Å². The predicted octanol–water partition coefficient (Wildman–Crippen LogP) is 6.96. The summed E-state index contributed by atoms with van der Waals surface area (Å²) < 4.78 is 6.23. The summed E-state index contributed by atoms with van der Waals surface area (Å²) in [6, 6.07) is 8.11. The molecule has 37 heavy (non-hydrogen) atoms. The lowest BCUT2D eigenvalue weighted by Crippen LogP contribution is -2.51. The first-order valence-corrected chi connectivity index (χ1v) is 15.2. The molecule has 4 aliphatic carbocycles. The average molecular weight is 547 g/mol. The van der Waals surface area contributed by atoms with Crippen molar-refractivity contribution in [3.05, 3.63) is 41.5 Å². The highest BCUT2D eigenvalue weighted by molar-refractivity contribution is 6.18. The molecule has 0 heterocycles. The Bertz CT molecular complexity index is 1030. The smallest absolute Gasteiger partial charge is 0.310 e. The molecule has 1 aromatic rings. The zero-order valence-electron chi connectivity index (χ0n) is 22.3.